The molecule has 0 saturated carbocycles. The number of halogens is 1. The molecule has 0 spiro atoms. The summed E-state index contributed by atoms with van der Waals surface area (Å²) in [5, 5.41) is 7.22. The molecule has 0 radical (unpaired) electrons. The Balaban J connectivity index is 1.89. The summed E-state index contributed by atoms with van der Waals surface area (Å²) in [5.41, 5.74) is 2.01. The molecule has 1 heterocycles. The number of amides is 1. The molecule has 0 aliphatic heterocycles. The molecule has 3 rings (SSSR count). The van der Waals surface area contributed by atoms with Gasteiger partial charge in [-0.1, -0.05) is 53.7 Å². The third-order valence-corrected chi connectivity index (χ3v) is 5.73. The van der Waals surface area contributed by atoms with Gasteiger partial charge in [0.05, 0.1) is 6.04 Å². The first-order chi connectivity index (χ1) is 15.1. The number of aldehydes is 1. The zero-order valence-electron chi connectivity index (χ0n) is 17.2. The second-order valence-corrected chi connectivity index (χ2v) is 8.27. The van der Waals surface area contributed by atoms with Gasteiger partial charge >= 0.3 is 0 Å². The first-order valence-electron chi connectivity index (χ1n) is 9.89. The number of rotatable bonds is 10. The lowest BCUT2D eigenvalue weighted by Crippen LogP contribution is -2.45. The number of likely N-dealkylation sites (N-methyl/N-ethyl adjacent to an activating group) is 1. The molecule has 0 aliphatic carbocycles. The van der Waals surface area contributed by atoms with Crippen molar-refractivity contribution in [1.29, 1.82) is 0 Å². The Morgan fingerprint density at radius 1 is 1.23 bits per heavy atom. The van der Waals surface area contributed by atoms with E-state index in [1.807, 2.05) is 61.6 Å². The predicted octanol–water partition coefficient (Wildman–Crippen LogP) is 4.49. The molecule has 2 atom stereocenters. The van der Waals surface area contributed by atoms with Gasteiger partial charge in [0, 0.05) is 27.8 Å². The maximum atomic E-state index is 13.4. The number of carbonyl (C=O) groups is 2. The second-order valence-electron chi connectivity index (χ2n) is 7.02. The molecular formula is C24H24IN3O3. The molecule has 2 aromatic carbocycles. The van der Waals surface area contributed by atoms with E-state index in [2.05, 4.69) is 39.6 Å². The fourth-order valence-electron chi connectivity index (χ4n) is 3.31. The van der Waals surface area contributed by atoms with E-state index in [1.54, 1.807) is 12.1 Å². The predicted molar refractivity (Wildman–Crippen MR) is 129 cm³/mol. The van der Waals surface area contributed by atoms with Gasteiger partial charge in [0.2, 0.25) is 0 Å². The van der Waals surface area contributed by atoms with Gasteiger partial charge in [0.15, 0.2) is 11.5 Å². The van der Waals surface area contributed by atoms with Crippen LogP contribution >= 0.6 is 22.6 Å². The molecule has 2 unspecified atom stereocenters. The van der Waals surface area contributed by atoms with Crippen molar-refractivity contribution < 1.29 is 14.1 Å². The molecule has 3 aromatic rings. The minimum absolute atomic E-state index is 0.153. The average molecular weight is 529 g/mol. The SMILES string of the molecule is C=CCC(C=O)N(CC(NC)c1ccccc1)C(=O)c1cc(-c2ccc(I)cc2)on1. The Hall–Kier alpha value is -2.78. The molecule has 0 saturated heterocycles. The van der Waals surface area contributed by atoms with Gasteiger partial charge in [0.1, 0.15) is 6.29 Å². The summed E-state index contributed by atoms with van der Waals surface area (Å²) in [5.74, 6) is 0.134. The lowest BCUT2D eigenvalue weighted by atomic mass is 10.0. The van der Waals surface area contributed by atoms with Crippen LogP contribution in [0.1, 0.15) is 28.5 Å². The minimum Gasteiger partial charge on any atom is -0.355 e. The van der Waals surface area contributed by atoms with Crippen LogP contribution in [0.5, 0.6) is 0 Å². The van der Waals surface area contributed by atoms with Gasteiger partial charge in [0.25, 0.3) is 5.91 Å². The standard InChI is InChI=1S/C24H24IN3O3/c1-3-7-20(16-29)28(15-22(26-2)17-8-5-4-6-9-17)24(30)21-14-23(31-27-21)18-10-12-19(25)13-11-18/h3-6,8-14,16,20,22,26H,1,7,15H2,2H3. The summed E-state index contributed by atoms with van der Waals surface area (Å²) in [6.07, 6.45) is 2.76. The molecule has 6 nitrogen and oxygen atoms in total. The van der Waals surface area contributed by atoms with Crippen LogP contribution in [-0.2, 0) is 4.79 Å². The molecule has 31 heavy (non-hydrogen) atoms. The molecule has 1 aromatic heterocycles. The van der Waals surface area contributed by atoms with E-state index >= 15 is 0 Å². The van der Waals surface area contributed by atoms with Gasteiger partial charge in [-0.2, -0.15) is 0 Å². The first kappa shape index (κ1) is 22.9. The minimum atomic E-state index is -0.650. The van der Waals surface area contributed by atoms with Crippen LogP contribution in [0.25, 0.3) is 11.3 Å². The number of benzene rings is 2. The first-order valence-corrected chi connectivity index (χ1v) is 11.0. The quantitative estimate of drug-likeness (QED) is 0.238. The van der Waals surface area contributed by atoms with E-state index in [0.717, 1.165) is 21.0 Å². The van der Waals surface area contributed by atoms with Crippen LogP contribution in [0.4, 0.5) is 0 Å². The Kier molecular flexibility index (Phi) is 8.13. The van der Waals surface area contributed by atoms with Gasteiger partial charge < -0.3 is 19.5 Å². The summed E-state index contributed by atoms with van der Waals surface area (Å²) in [6.45, 7) is 4.02. The Morgan fingerprint density at radius 2 is 1.94 bits per heavy atom. The van der Waals surface area contributed by atoms with Crippen LogP contribution in [0.2, 0.25) is 0 Å². The normalized spacial score (nSPS) is 12.7. The number of nitrogens with zero attached hydrogens (tertiary/aromatic N) is 2. The smallest absolute Gasteiger partial charge is 0.276 e. The Morgan fingerprint density at radius 3 is 2.55 bits per heavy atom. The Bertz CT molecular complexity index is 1020. The monoisotopic (exact) mass is 529 g/mol. The summed E-state index contributed by atoms with van der Waals surface area (Å²) in [6, 6.07) is 18.3. The van der Waals surface area contributed by atoms with Crippen molar-refractivity contribution in [3.05, 3.63) is 88.1 Å². The van der Waals surface area contributed by atoms with E-state index in [-0.39, 0.29) is 17.6 Å². The molecular weight excluding hydrogens is 505 g/mol. The zero-order chi connectivity index (χ0) is 22.2. The maximum absolute atomic E-state index is 13.4. The van der Waals surface area contributed by atoms with Crippen LogP contribution in [0, 0.1) is 3.57 Å². The van der Waals surface area contributed by atoms with E-state index in [4.69, 9.17) is 4.52 Å². The molecule has 160 valence electrons. The summed E-state index contributed by atoms with van der Waals surface area (Å²) < 4.78 is 6.52. The van der Waals surface area contributed by atoms with Crippen molar-refractivity contribution in [2.24, 2.45) is 0 Å². The summed E-state index contributed by atoms with van der Waals surface area (Å²) in [7, 11) is 1.83. The van der Waals surface area contributed by atoms with Crippen molar-refractivity contribution in [2.75, 3.05) is 13.6 Å². The molecule has 7 heteroatoms. The fraction of sp³-hybridized carbons (Fsp3) is 0.208. The summed E-state index contributed by atoms with van der Waals surface area (Å²) >= 11 is 2.22. The summed E-state index contributed by atoms with van der Waals surface area (Å²) in [4.78, 5) is 26.7. The highest BCUT2D eigenvalue weighted by molar-refractivity contribution is 14.1. The van der Waals surface area contributed by atoms with Crippen LogP contribution in [0.15, 0.2) is 77.8 Å². The number of hydrogen-bond donors (Lipinski definition) is 1. The number of nitrogens with one attached hydrogen (secondary N) is 1. The molecule has 1 N–H and O–H groups in total. The van der Waals surface area contributed by atoms with Crippen LogP contribution in [0.3, 0.4) is 0 Å². The topological polar surface area (TPSA) is 75.4 Å². The van der Waals surface area contributed by atoms with Crippen molar-refractivity contribution in [3.8, 4) is 11.3 Å². The second kappa shape index (κ2) is 11.0. The van der Waals surface area contributed by atoms with E-state index < -0.39 is 6.04 Å². The lowest BCUT2D eigenvalue weighted by Gasteiger charge is -2.31. The van der Waals surface area contributed by atoms with Crippen molar-refractivity contribution in [2.45, 2.75) is 18.5 Å². The van der Waals surface area contributed by atoms with E-state index in [1.165, 1.54) is 4.90 Å². The average Bonchev–Trinajstić information content (AvgIpc) is 3.30. The Labute approximate surface area is 195 Å². The highest BCUT2D eigenvalue weighted by atomic mass is 127. The number of carbonyl (C=O) groups excluding carboxylic acids is 2. The zero-order valence-corrected chi connectivity index (χ0v) is 19.4. The highest BCUT2D eigenvalue weighted by Gasteiger charge is 2.29. The largest absolute Gasteiger partial charge is 0.355 e. The highest BCUT2D eigenvalue weighted by Crippen LogP contribution is 2.24. The molecule has 0 bridgehead atoms. The van der Waals surface area contributed by atoms with Crippen molar-refractivity contribution in [3.63, 3.8) is 0 Å². The van der Waals surface area contributed by atoms with Gasteiger partial charge in [-0.25, -0.2) is 0 Å². The fourth-order valence-corrected chi connectivity index (χ4v) is 3.67. The maximum Gasteiger partial charge on any atom is 0.276 e. The van der Waals surface area contributed by atoms with Crippen LogP contribution < -0.4 is 5.32 Å². The third kappa shape index (κ3) is 5.68. The molecule has 0 fully saturated rings. The van der Waals surface area contributed by atoms with Crippen molar-refractivity contribution in [1.82, 2.24) is 15.4 Å². The lowest BCUT2D eigenvalue weighted by molar-refractivity contribution is -0.111. The number of hydrogen-bond acceptors (Lipinski definition) is 5. The van der Waals surface area contributed by atoms with Gasteiger partial charge in [-0.3, -0.25) is 4.79 Å². The van der Waals surface area contributed by atoms with Gasteiger partial charge in [-0.05, 0) is 53.8 Å². The molecule has 1 amide bonds. The van der Waals surface area contributed by atoms with E-state index in [0.29, 0.717) is 18.7 Å². The third-order valence-electron chi connectivity index (χ3n) is 5.01. The van der Waals surface area contributed by atoms with E-state index in [9.17, 15) is 9.59 Å². The van der Waals surface area contributed by atoms with Crippen LogP contribution in [-0.4, -0.2) is 41.9 Å². The van der Waals surface area contributed by atoms with Gasteiger partial charge in [-0.15, -0.1) is 6.58 Å². The number of aromatic nitrogens is 1. The van der Waals surface area contributed by atoms with Crippen molar-refractivity contribution >= 4 is 34.8 Å². The molecule has 0 aliphatic rings.